The smallest absolute Gasteiger partial charge is 0.185 e. The molecule has 0 radical (unpaired) electrons. The van der Waals surface area contributed by atoms with E-state index in [0.29, 0.717) is 5.56 Å². The van der Waals surface area contributed by atoms with Crippen LogP contribution >= 0.6 is 11.3 Å². The number of nitrogens with zero attached hydrogens (tertiary/aromatic N) is 5. The summed E-state index contributed by atoms with van der Waals surface area (Å²) in [5, 5.41) is 28.0. The van der Waals surface area contributed by atoms with Gasteiger partial charge in [-0.25, -0.2) is 4.98 Å². The van der Waals surface area contributed by atoms with E-state index >= 15 is 0 Å². The number of hydrogen-bond acceptors (Lipinski definition) is 6. The lowest BCUT2D eigenvalue weighted by molar-refractivity contribution is 0.860. The zero-order chi connectivity index (χ0) is 17.5. The molecule has 24 heavy (non-hydrogen) atoms. The molecule has 0 bridgehead atoms. The van der Waals surface area contributed by atoms with Crippen molar-refractivity contribution in [2.45, 2.75) is 13.8 Å². The third-order valence-corrected chi connectivity index (χ3v) is 4.68. The fraction of sp³-hybridized carbons (Fsp3) is 0.222. The summed E-state index contributed by atoms with van der Waals surface area (Å²) >= 11 is 1.61. The Kier molecular flexibility index (Phi) is 5.68. The van der Waals surface area contributed by atoms with Gasteiger partial charge in [-0.1, -0.05) is 35.6 Å². The molecular weight excluding hydrogens is 318 g/mol. The first-order valence-corrected chi connectivity index (χ1v) is 8.26. The standard InChI is InChI=1S/C18H15N5S/c1-3-23(4-2)18-22-12-17(24-18)14-7-5-13(6-8-14)16(11-21)15(9-19)10-20/h5-8,12H,3-4H2,1-2H3. The molecule has 0 unspecified atom stereocenters. The predicted octanol–water partition coefficient (Wildman–Crippen LogP) is 3.98. The molecule has 1 aromatic carbocycles. The highest BCUT2D eigenvalue weighted by Gasteiger charge is 2.11. The molecule has 0 spiro atoms. The molecule has 0 aliphatic heterocycles. The van der Waals surface area contributed by atoms with Gasteiger partial charge in [-0.2, -0.15) is 15.8 Å². The van der Waals surface area contributed by atoms with Crippen LogP contribution in [0.4, 0.5) is 5.13 Å². The highest BCUT2D eigenvalue weighted by molar-refractivity contribution is 7.18. The fourth-order valence-electron chi connectivity index (χ4n) is 2.24. The van der Waals surface area contributed by atoms with Gasteiger partial charge in [0, 0.05) is 19.3 Å². The van der Waals surface area contributed by atoms with Gasteiger partial charge in [0.05, 0.1) is 10.5 Å². The number of allylic oxidation sites excluding steroid dienone is 2. The number of hydrogen-bond donors (Lipinski definition) is 0. The Morgan fingerprint density at radius 2 is 1.67 bits per heavy atom. The maximum Gasteiger partial charge on any atom is 0.185 e. The Bertz CT molecular complexity index is 852. The molecule has 0 amide bonds. The monoisotopic (exact) mass is 333 g/mol. The van der Waals surface area contributed by atoms with Gasteiger partial charge in [-0.15, -0.1) is 0 Å². The minimum absolute atomic E-state index is 0.0969. The average molecular weight is 333 g/mol. The largest absolute Gasteiger partial charge is 0.349 e. The van der Waals surface area contributed by atoms with Crippen molar-refractivity contribution in [3.05, 3.63) is 41.6 Å². The molecular formula is C18H15N5S. The van der Waals surface area contributed by atoms with E-state index in [9.17, 15) is 5.26 Å². The van der Waals surface area contributed by atoms with Crippen molar-refractivity contribution in [2.75, 3.05) is 18.0 Å². The summed E-state index contributed by atoms with van der Waals surface area (Å²) in [6.45, 7) is 6.00. The van der Waals surface area contributed by atoms with Crippen molar-refractivity contribution >= 4 is 22.0 Å². The Labute approximate surface area is 145 Å². The Morgan fingerprint density at radius 1 is 1.04 bits per heavy atom. The Morgan fingerprint density at radius 3 is 2.17 bits per heavy atom. The van der Waals surface area contributed by atoms with Crippen LogP contribution in [0.2, 0.25) is 0 Å². The summed E-state index contributed by atoms with van der Waals surface area (Å²) in [5.74, 6) is 0. The predicted molar refractivity (Wildman–Crippen MR) is 94.9 cm³/mol. The first-order chi connectivity index (χ1) is 11.7. The normalized spacial score (nSPS) is 9.46. The molecule has 0 atom stereocenters. The van der Waals surface area contributed by atoms with E-state index in [2.05, 4.69) is 23.7 Å². The van der Waals surface area contributed by atoms with Crippen LogP contribution < -0.4 is 4.90 Å². The lowest BCUT2D eigenvalue weighted by Crippen LogP contribution is -2.21. The summed E-state index contributed by atoms with van der Waals surface area (Å²) in [5.41, 5.74) is 1.47. The molecule has 2 rings (SSSR count). The van der Waals surface area contributed by atoms with Gasteiger partial charge in [0.2, 0.25) is 0 Å². The second-order valence-electron chi connectivity index (χ2n) is 4.84. The van der Waals surface area contributed by atoms with Crippen molar-refractivity contribution in [1.29, 1.82) is 15.8 Å². The molecule has 2 aromatic rings. The number of nitriles is 3. The van der Waals surface area contributed by atoms with E-state index in [1.165, 1.54) is 0 Å². The summed E-state index contributed by atoms with van der Waals surface area (Å²) in [7, 11) is 0. The van der Waals surface area contributed by atoms with Crippen LogP contribution in [0.3, 0.4) is 0 Å². The number of thiazole rings is 1. The van der Waals surface area contributed by atoms with E-state index in [4.69, 9.17) is 10.5 Å². The summed E-state index contributed by atoms with van der Waals surface area (Å²) < 4.78 is 0. The molecule has 0 saturated carbocycles. The van der Waals surface area contributed by atoms with Gasteiger partial charge >= 0.3 is 0 Å². The molecule has 0 fully saturated rings. The molecule has 0 aliphatic rings. The van der Waals surface area contributed by atoms with Gasteiger partial charge in [0.1, 0.15) is 23.8 Å². The molecule has 0 saturated heterocycles. The van der Waals surface area contributed by atoms with Crippen molar-refractivity contribution in [3.63, 3.8) is 0 Å². The van der Waals surface area contributed by atoms with Crippen molar-refractivity contribution in [1.82, 2.24) is 4.98 Å². The minimum Gasteiger partial charge on any atom is -0.349 e. The van der Waals surface area contributed by atoms with Crippen LogP contribution in [0.25, 0.3) is 16.0 Å². The SMILES string of the molecule is CCN(CC)c1ncc(-c2ccc(C(C#N)=C(C#N)C#N)cc2)s1. The van der Waals surface area contributed by atoms with Crippen molar-refractivity contribution < 1.29 is 0 Å². The van der Waals surface area contributed by atoms with Gasteiger partial charge in [-0.3, -0.25) is 0 Å². The average Bonchev–Trinajstić information content (AvgIpc) is 3.11. The molecule has 1 aromatic heterocycles. The van der Waals surface area contributed by atoms with Crippen molar-refractivity contribution in [2.24, 2.45) is 0 Å². The zero-order valence-corrected chi connectivity index (χ0v) is 14.3. The maximum atomic E-state index is 9.19. The van der Waals surface area contributed by atoms with Gasteiger partial charge < -0.3 is 4.90 Å². The molecule has 6 heteroatoms. The third kappa shape index (κ3) is 3.43. The summed E-state index contributed by atoms with van der Waals surface area (Å²) in [4.78, 5) is 7.68. The van der Waals surface area contributed by atoms with Crippen LogP contribution in [0, 0.1) is 34.0 Å². The van der Waals surface area contributed by atoms with Gasteiger partial charge in [0.25, 0.3) is 0 Å². The Hall–Kier alpha value is -3.14. The first-order valence-electron chi connectivity index (χ1n) is 7.44. The third-order valence-electron chi connectivity index (χ3n) is 3.57. The van der Waals surface area contributed by atoms with Crippen LogP contribution in [0.1, 0.15) is 19.4 Å². The summed E-state index contributed by atoms with van der Waals surface area (Å²) in [6.07, 6.45) is 1.84. The summed E-state index contributed by atoms with van der Waals surface area (Å²) in [6, 6.07) is 12.7. The molecule has 118 valence electrons. The van der Waals surface area contributed by atoms with Crippen molar-refractivity contribution in [3.8, 4) is 28.6 Å². The first kappa shape index (κ1) is 17.2. The zero-order valence-electron chi connectivity index (χ0n) is 13.4. The van der Waals surface area contributed by atoms with Crippen LogP contribution in [-0.4, -0.2) is 18.1 Å². The number of benzene rings is 1. The fourth-order valence-corrected chi connectivity index (χ4v) is 3.29. The minimum atomic E-state index is -0.174. The van der Waals surface area contributed by atoms with Gasteiger partial charge in [0.15, 0.2) is 5.13 Å². The lowest BCUT2D eigenvalue weighted by Gasteiger charge is -2.16. The maximum absolute atomic E-state index is 9.19. The van der Waals surface area contributed by atoms with E-state index in [1.54, 1.807) is 35.6 Å². The topological polar surface area (TPSA) is 87.5 Å². The molecule has 0 aliphatic carbocycles. The lowest BCUT2D eigenvalue weighted by atomic mass is 10.0. The van der Waals surface area contributed by atoms with Crippen LogP contribution in [0.5, 0.6) is 0 Å². The second kappa shape index (κ2) is 7.92. The van der Waals surface area contributed by atoms with Crippen LogP contribution in [0.15, 0.2) is 36.0 Å². The van der Waals surface area contributed by atoms with E-state index < -0.39 is 0 Å². The quantitative estimate of drug-likeness (QED) is 0.772. The highest BCUT2D eigenvalue weighted by atomic mass is 32.1. The van der Waals surface area contributed by atoms with E-state index in [1.807, 2.05) is 24.4 Å². The van der Waals surface area contributed by atoms with Gasteiger partial charge in [-0.05, 0) is 25.0 Å². The van der Waals surface area contributed by atoms with E-state index in [0.717, 1.165) is 28.7 Å². The number of anilines is 1. The van der Waals surface area contributed by atoms with Crippen LogP contribution in [-0.2, 0) is 0 Å². The molecule has 0 N–H and O–H groups in total. The van der Waals surface area contributed by atoms with E-state index in [-0.39, 0.29) is 11.1 Å². The number of aromatic nitrogens is 1. The second-order valence-corrected chi connectivity index (χ2v) is 5.85. The highest BCUT2D eigenvalue weighted by Crippen LogP contribution is 2.32. The molecule has 1 heterocycles. The molecule has 5 nitrogen and oxygen atoms in total. The Balaban J connectivity index is 2.35. The number of rotatable bonds is 5.